The lowest BCUT2D eigenvalue weighted by molar-refractivity contribution is -0.115. The lowest BCUT2D eigenvalue weighted by atomic mass is 9.88. The van der Waals surface area contributed by atoms with Crippen LogP contribution in [0.25, 0.3) is 0 Å². The van der Waals surface area contributed by atoms with Crippen LogP contribution >= 0.6 is 11.3 Å². The smallest absolute Gasteiger partial charge is 0.251 e. The maximum Gasteiger partial charge on any atom is 0.251 e. The molecule has 0 fully saturated rings. The normalized spacial score (nSPS) is 16.5. The van der Waals surface area contributed by atoms with E-state index in [0.717, 1.165) is 29.7 Å². The number of primary amides is 1. The molecule has 29 heavy (non-hydrogen) atoms. The Labute approximate surface area is 175 Å². The second-order valence-electron chi connectivity index (χ2n) is 7.88. The zero-order chi connectivity index (χ0) is 21.3. The van der Waals surface area contributed by atoms with Gasteiger partial charge in [0.15, 0.2) is 9.84 Å². The molecule has 2 amide bonds. The predicted octanol–water partition coefficient (Wildman–Crippen LogP) is 3.34. The molecule has 0 saturated heterocycles. The fourth-order valence-corrected chi connectivity index (χ4v) is 6.02. The minimum absolute atomic E-state index is 0.0825. The molecule has 1 atom stereocenters. The number of sulfone groups is 1. The molecule has 3 N–H and O–H groups in total. The van der Waals surface area contributed by atoms with Crippen molar-refractivity contribution in [3.05, 3.63) is 45.8 Å². The summed E-state index contributed by atoms with van der Waals surface area (Å²) in [6, 6.07) is 6.34. The summed E-state index contributed by atoms with van der Waals surface area (Å²) in [5, 5.41) is 2.85. The second kappa shape index (κ2) is 8.28. The van der Waals surface area contributed by atoms with Crippen LogP contribution in [-0.4, -0.2) is 25.5 Å². The van der Waals surface area contributed by atoms with Crippen LogP contribution in [0.3, 0.4) is 0 Å². The van der Waals surface area contributed by atoms with E-state index >= 15 is 0 Å². The lowest BCUT2D eigenvalue weighted by Gasteiger charge is -2.18. The standard InChI is InChI=1S/C21H26N2O4S2/c1-12(2)29(26,27)15-7-5-14(6-8-15)11-18(24)23-21-19(20(22)25)16-9-4-13(3)10-17(16)28-21/h5-8,12-13H,4,9-11H2,1-3H3,(H2,22,25)(H,23,24). The minimum Gasteiger partial charge on any atom is -0.365 e. The van der Waals surface area contributed by atoms with Gasteiger partial charge in [0.1, 0.15) is 5.00 Å². The van der Waals surface area contributed by atoms with E-state index in [1.807, 2.05) is 0 Å². The maximum atomic E-state index is 12.5. The van der Waals surface area contributed by atoms with Gasteiger partial charge >= 0.3 is 0 Å². The van der Waals surface area contributed by atoms with Crippen LogP contribution in [0.15, 0.2) is 29.2 Å². The van der Waals surface area contributed by atoms with E-state index in [2.05, 4.69) is 12.2 Å². The van der Waals surface area contributed by atoms with Gasteiger partial charge in [-0.3, -0.25) is 9.59 Å². The number of hydrogen-bond donors (Lipinski definition) is 2. The molecular weight excluding hydrogens is 408 g/mol. The summed E-state index contributed by atoms with van der Waals surface area (Å²) in [6.07, 6.45) is 2.77. The van der Waals surface area contributed by atoms with Crippen molar-refractivity contribution in [1.82, 2.24) is 0 Å². The van der Waals surface area contributed by atoms with Gasteiger partial charge in [-0.15, -0.1) is 11.3 Å². The third-order valence-corrected chi connectivity index (χ3v) is 8.59. The number of amides is 2. The summed E-state index contributed by atoms with van der Waals surface area (Å²) in [5.74, 6) is -0.236. The minimum atomic E-state index is -3.34. The molecule has 0 aliphatic heterocycles. The summed E-state index contributed by atoms with van der Waals surface area (Å²) in [4.78, 5) is 25.9. The van der Waals surface area contributed by atoms with Gasteiger partial charge in [0.2, 0.25) is 5.91 Å². The maximum absolute atomic E-state index is 12.5. The van der Waals surface area contributed by atoms with Crippen LogP contribution < -0.4 is 11.1 Å². The van der Waals surface area contributed by atoms with Gasteiger partial charge in [-0.2, -0.15) is 0 Å². The van der Waals surface area contributed by atoms with Gasteiger partial charge in [-0.1, -0.05) is 19.1 Å². The van der Waals surface area contributed by atoms with Crippen LogP contribution in [0.4, 0.5) is 5.00 Å². The predicted molar refractivity (Wildman–Crippen MR) is 115 cm³/mol. The van der Waals surface area contributed by atoms with Crippen LogP contribution in [0.2, 0.25) is 0 Å². The number of thiophene rings is 1. The Bertz CT molecular complexity index is 1040. The molecule has 0 saturated carbocycles. The molecule has 156 valence electrons. The van der Waals surface area contributed by atoms with E-state index in [4.69, 9.17) is 5.73 Å². The second-order valence-corrected chi connectivity index (χ2v) is 11.5. The molecule has 1 aromatic heterocycles. The van der Waals surface area contributed by atoms with Crippen molar-refractivity contribution in [2.45, 2.75) is 56.6 Å². The summed E-state index contributed by atoms with van der Waals surface area (Å²) < 4.78 is 24.4. The highest BCUT2D eigenvalue weighted by atomic mass is 32.2. The molecule has 8 heteroatoms. The molecule has 1 aliphatic rings. The van der Waals surface area contributed by atoms with Gasteiger partial charge in [0.25, 0.3) is 5.91 Å². The highest BCUT2D eigenvalue weighted by Crippen LogP contribution is 2.39. The quantitative estimate of drug-likeness (QED) is 0.727. The van der Waals surface area contributed by atoms with E-state index in [0.29, 0.717) is 22.0 Å². The first-order chi connectivity index (χ1) is 13.6. The third kappa shape index (κ3) is 4.53. The molecule has 1 aliphatic carbocycles. The number of nitrogens with two attached hydrogens (primary N) is 1. The van der Waals surface area contributed by atoms with Crippen LogP contribution in [-0.2, 0) is 33.9 Å². The topological polar surface area (TPSA) is 106 Å². The van der Waals surface area contributed by atoms with Crippen molar-refractivity contribution in [2.75, 3.05) is 5.32 Å². The largest absolute Gasteiger partial charge is 0.365 e. The van der Waals surface area contributed by atoms with Gasteiger partial charge in [0, 0.05) is 4.88 Å². The molecule has 3 rings (SSSR count). The number of hydrogen-bond acceptors (Lipinski definition) is 5. The average molecular weight is 435 g/mol. The zero-order valence-corrected chi connectivity index (χ0v) is 18.5. The molecule has 2 aromatic rings. The molecule has 1 heterocycles. The summed E-state index contributed by atoms with van der Waals surface area (Å²) in [7, 11) is -3.34. The number of carbonyl (C=O) groups excluding carboxylic acids is 2. The Kier molecular flexibility index (Phi) is 6.14. The summed E-state index contributed by atoms with van der Waals surface area (Å²) in [6.45, 7) is 5.44. The highest BCUT2D eigenvalue weighted by Gasteiger charge is 2.27. The van der Waals surface area contributed by atoms with Crippen molar-refractivity contribution in [3.63, 3.8) is 0 Å². The number of benzene rings is 1. The number of nitrogens with one attached hydrogen (secondary N) is 1. The van der Waals surface area contributed by atoms with Crippen LogP contribution in [0.1, 0.15) is 53.6 Å². The van der Waals surface area contributed by atoms with E-state index in [1.54, 1.807) is 26.0 Å². The van der Waals surface area contributed by atoms with Crippen molar-refractivity contribution in [3.8, 4) is 0 Å². The molecule has 1 aromatic carbocycles. The Morgan fingerprint density at radius 1 is 1.24 bits per heavy atom. The van der Waals surface area contributed by atoms with Crippen molar-refractivity contribution >= 4 is 38.0 Å². The third-order valence-electron chi connectivity index (χ3n) is 5.25. The molecule has 6 nitrogen and oxygen atoms in total. The molecular formula is C21H26N2O4S2. The average Bonchev–Trinajstić information content (AvgIpc) is 2.98. The highest BCUT2D eigenvalue weighted by molar-refractivity contribution is 7.92. The summed E-state index contributed by atoms with van der Waals surface area (Å²) in [5.41, 5.74) is 7.69. The van der Waals surface area contributed by atoms with Crippen LogP contribution in [0, 0.1) is 5.92 Å². The van der Waals surface area contributed by atoms with E-state index < -0.39 is 21.0 Å². The number of carbonyl (C=O) groups is 2. The van der Waals surface area contributed by atoms with E-state index in [-0.39, 0.29) is 17.2 Å². The van der Waals surface area contributed by atoms with E-state index in [9.17, 15) is 18.0 Å². The Hall–Kier alpha value is -2.19. The van der Waals surface area contributed by atoms with Crippen LogP contribution in [0.5, 0.6) is 0 Å². The molecule has 0 bridgehead atoms. The molecule has 0 spiro atoms. The Morgan fingerprint density at radius 3 is 2.48 bits per heavy atom. The first kappa shape index (κ1) is 21.5. The van der Waals surface area contributed by atoms with Gasteiger partial charge in [-0.05, 0) is 62.3 Å². The van der Waals surface area contributed by atoms with E-state index in [1.165, 1.54) is 23.5 Å². The van der Waals surface area contributed by atoms with Gasteiger partial charge in [-0.25, -0.2) is 8.42 Å². The van der Waals surface area contributed by atoms with Gasteiger partial charge < -0.3 is 11.1 Å². The summed E-state index contributed by atoms with van der Waals surface area (Å²) >= 11 is 1.43. The van der Waals surface area contributed by atoms with Crippen molar-refractivity contribution < 1.29 is 18.0 Å². The number of rotatable bonds is 6. The monoisotopic (exact) mass is 434 g/mol. The molecule has 0 radical (unpaired) electrons. The lowest BCUT2D eigenvalue weighted by Crippen LogP contribution is -2.20. The Balaban J connectivity index is 1.76. The fraction of sp³-hybridized carbons (Fsp3) is 0.429. The Morgan fingerprint density at radius 2 is 1.90 bits per heavy atom. The number of fused-ring (bicyclic) bond motifs is 1. The number of anilines is 1. The van der Waals surface area contributed by atoms with Crippen molar-refractivity contribution in [1.29, 1.82) is 0 Å². The zero-order valence-electron chi connectivity index (χ0n) is 16.8. The fourth-order valence-electron chi connectivity index (χ4n) is 3.52. The SMILES string of the molecule is CC1CCc2c(sc(NC(=O)Cc3ccc(S(=O)(=O)C(C)C)cc3)c2C(N)=O)C1. The van der Waals surface area contributed by atoms with Crippen molar-refractivity contribution in [2.24, 2.45) is 11.7 Å². The first-order valence-electron chi connectivity index (χ1n) is 9.66. The molecule has 1 unspecified atom stereocenters. The first-order valence-corrected chi connectivity index (χ1v) is 12.0. The van der Waals surface area contributed by atoms with Gasteiger partial charge in [0.05, 0.1) is 22.1 Å².